The van der Waals surface area contributed by atoms with Crippen LogP contribution >= 0.6 is 23.1 Å². The molecule has 0 unspecified atom stereocenters. The molecule has 6 nitrogen and oxygen atoms in total. The molecule has 0 aliphatic rings. The minimum atomic E-state index is 0.560. The standard InChI is InChI=1S/C17H15N5OS2/c1-22-14(10-13-8-5-9-24-13)19-20-17(22)25-11-15-18-16(21-23-15)12-6-3-2-4-7-12/h2-9H,10-11H2,1H3. The molecular formula is C17H15N5OS2. The van der Waals surface area contributed by atoms with Crippen LogP contribution in [0.4, 0.5) is 0 Å². The van der Waals surface area contributed by atoms with Gasteiger partial charge in [0.05, 0.1) is 5.75 Å². The molecule has 0 aliphatic heterocycles. The third-order valence-corrected chi connectivity index (χ3v) is 5.54. The number of benzene rings is 1. The van der Waals surface area contributed by atoms with E-state index in [1.54, 1.807) is 11.3 Å². The summed E-state index contributed by atoms with van der Waals surface area (Å²) >= 11 is 3.26. The summed E-state index contributed by atoms with van der Waals surface area (Å²) in [6.45, 7) is 0. The Balaban J connectivity index is 1.42. The third kappa shape index (κ3) is 3.64. The van der Waals surface area contributed by atoms with E-state index < -0.39 is 0 Å². The Morgan fingerprint density at radius 1 is 1.12 bits per heavy atom. The first-order valence-electron chi connectivity index (χ1n) is 7.71. The minimum Gasteiger partial charge on any atom is -0.338 e. The average molecular weight is 369 g/mol. The van der Waals surface area contributed by atoms with Gasteiger partial charge in [-0.3, -0.25) is 0 Å². The van der Waals surface area contributed by atoms with Crippen LogP contribution in [0.5, 0.6) is 0 Å². The number of rotatable bonds is 6. The largest absolute Gasteiger partial charge is 0.338 e. The second-order valence-corrected chi connectivity index (χ2v) is 7.36. The van der Waals surface area contributed by atoms with Crippen LogP contribution in [0.15, 0.2) is 57.5 Å². The van der Waals surface area contributed by atoms with E-state index >= 15 is 0 Å². The Labute approximate surface area is 152 Å². The topological polar surface area (TPSA) is 69.6 Å². The van der Waals surface area contributed by atoms with Crippen LogP contribution in [0, 0.1) is 0 Å². The minimum absolute atomic E-state index is 0.560. The van der Waals surface area contributed by atoms with Crippen molar-refractivity contribution in [1.82, 2.24) is 24.9 Å². The van der Waals surface area contributed by atoms with Crippen molar-refractivity contribution in [2.45, 2.75) is 17.3 Å². The fourth-order valence-electron chi connectivity index (χ4n) is 2.34. The molecule has 126 valence electrons. The summed E-state index contributed by atoms with van der Waals surface area (Å²) in [7, 11) is 1.98. The zero-order chi connectivity index (χ0) is 17.1. The molecule has 3 heterocycles. The number of hydrogen-bond acceptors (Lipinski definition) is 7. The molecule has 1 aromatic carbocycles. The van der Waals surface area contributed by atoms with Gasteiger partial charge in [0.25, 0.3) is 0 Å². The van der Waals surface area contributed by atoms with Crippen LogP contribution in [-0.2, 0) is 19.2 Å². The predicted molar refractivity (Wildman–Crippen MR) is 97.4 cm³/mol. The smallest absolute Gasteiger partial charge is 0.237 e. The summed E-state index contributed by atoms with van der Waals surface area (Å²) in [5.41, 5.74) is 0.944. The Bertz CT molecular complexity index is 947. The van der Waals surface area contributed by atoms with Crippen molar-refractivity contribution in [2.24, 2.45) is 7.05 Å². The van der Waals surface area contributed by atoms with Crippen molar-refractivity contribution in [3.63, 3.8) is 0 Å². The fraction of sp³-hybridized carbons (Fsp3) is 0.176. The van der Waals surface area contributed by atoms with Crippen molar-refractivity contribution in [3.8, 4) is 11.4 Å². The van der Waals surface area contributed by atoms with Gasteiger partial charge in [0, 0.05) is 23.9 Å². The normalized spacial score (nSPS) is 11.1. The van der Waals surface area contributed by atoms with Crippen LogP contribution in [-0.4, -0.2) is 24.9 Å². The molecule has 3 aromatic heterocycles. The van der Waals surface area contributed by atoms with Gasteiger partial charge < -0.3 is 9.09 Å². The van der Waals surface area contributed by atoms with E-state index in [9.17, 15) is 0 Å². The molecule has 4 rings (SSSR count). The molecule has 0 saturated carbocycles. The van der Waals surface area contributed by atoms with E-state index in [4.69, 9.17) is 4.52 Å². The molecule has 0 N–H and O–H groups in total. The van der Waals surface area contributed by atoms with Gasteiger partial charge in [-0.2, -0.15) is 4.98 Å². The Kier molecular flexibility index (Phi) is 4.62. The first kappa shape index (κ1) is 16.0. The highest BCUT2D eigenvalue weighted by molar-refractivity contribution is 7.98. The van der Waals surface area contributed by atoms with Crippen molar-refractivity contribution in [2.75, 3.05) is 0 Å². The summed E-state index contributed by atoms with van der Waals surface area (Å²) in [5.74, 6) is 2.69. The Morgan fingerprint density at radius 2 is 2.00 bits per heavy atom. The highest BCUT2D eigenvalue weighted by Crippen LogP contribution is 2.23. The average Bonchev–Trinajstić information content (AvgIpc) is 3.38. The number of hydrogen-bond donors (Lipinski definition) is 0. The zero-order valence-corrected chi connectivity index (χ0v) is 15.1. The van der Waals surface area contributed by atoms with E-state index in [0.29, 0.717) is 17.5 Å². The van der Waals surface area contributed by atoms with Gasteiger partial charge in [0.15, 0.2) is 5.16 Å². The Morgan fingerprint density at radius 3 is 2.80 bits per heavy atom. The molecule has 4 aromatic rings. The van der Waals surface area contributed by atoms with E-state index in [1.807, 2.05) is 48.0 Å². The van der Waals surface area contributed by atoms with Crippen LogP contribution in [0.1, 0.15) is 16.6 Å². The van der Waals surface area contributed by atoms with Gasteiger partial charge in [0.1, 0.15) is 5.82 Å². The lowest BCUT2D eigenvalue weighted by Crippen LogP contribution is -1.99. The van der Waals surface area contributed by atoms with Crippen LogP contribution in [0.25, 0.3) is 11.4 Å². The highest BCUT2D eigenvalue weighted by atomic mass is 32.2. The summed E-state index contributed by atoms with van der Waals surface area (Å²) in [6.07, 6.45) is 0.792. The van der Waals surface area contributed by atoms with Crippen LogP contribution in [0.3, 0.4) is 0 Å². The van der Waals surface area contributed by atoms with Crippen molar-refractivity contribution >= 4 is 23.1 Å². The van der Waals surface area contributed by atoms with E-state index in [1.165, 1.54) is 16.6 Å². The van der Waals surface area contributed by atoms with Gasteiger partial charge in [-0.25, -0.2) is 0 Å². The molecule has 0 spiro atoms. The number of nitrogens with zero attached hydrogens (tertiary/aromatic N) is 5. The first-order chi connectivity index (χ1) is 12.3. The second-order valence-electron chi connectivity index (χ2n) is 5.38. The first-order valence-corrected chi connectivity index (χ1v) is 9.57. The predicted octanol–water partition coefficient (Wildman–Crippen LogP) is 3.81. The van der Waals surface area contributed by atoms with Gasteiger partial charge in [-0.05, 0) is 11.4 Å². The molecule has 0 bridgehead atoms. The van der Waals surface area contributed by atoms with Gasteiger partial charge >= 0.3 is 0 Å². The Hall–Kier alpha value is -2.45. The molecule has 25 heavy (non-hydrogen) atoms. The van der Waals surface area contributed by atoms with Gasteiger partial charge in [-0.15, -0.1) is 21.5 Å². The molecule has 0 saturated heterocycles. The maximum atomic E-state index is 5.33. The van der Waals surface area contributed by atoms with Crippen LogP contribution < -0.4 is 0 Å². The highest BCUT2D eigenvalue weighted by Gasteiger charge is 2.13. The van der Waals surface area contributed by atoms with Crippen molar-refractivity contribution in [3.05, 3.63) is 64.4 Å². The quantitative estimate of drug-likeness (QED) is 0.481. The van der Waals surface area contributed by atoms with E-state index in [0.717, 1.165) is 23.0 Å². The number of thiophene rings is 1. The monoisotopic (exact) mass is 369 g/mol. The molecule has 0 aliphatic carbocycles. The molecule has 0 fully saturated rings. The summed E-state index contributed by atoms with van der Waals surface area (Å²) in [5, 5.41) is 15.5. The maximum Gasteiger partial charge on any atom is 0.237 e. The zero-order valence-electron chi connectivity index (χ0n) is 13.5. The lowest BCUT2D eigenvalue weighted by molar-refractivity contribution is 0.391. The molecule has 0 atom stereocenters. The SMILES string of the molecule is Cn1c(Cc2cccs2)nnc1SCc1nc(-c2ccccc2)no1. The molecular weight excluding hydrogens is 354 g/mol. The van der Waals surface area contributed by atoms with Gasteiger partial charge in [-0.1, -0.05) is 53.3 Å². The molecule has 0 radical (unpaired) electrons. The van der Waals surface area contributed by atoms with E-state index in [2.05, 4.69) is 31.8 Å². The molecule has 8 heteroatoms. The van der Waals surface area contributed by atoms with E-state index in [-0.39, 0.29) is 0 Å². The maximum absolute atomic E-state index is 5.33. The molecule has 0 amide bonds. The van der Waals surface area contributed by atoms with Crippen LogP contribution in [0.2, 0.25) is 0 Å². The lowest BCUT2D eigenvalue weighted by Gasteiger charge is -2.01. The number of thioether (sulfide) groups is 1. The second kappa shape index (κ2) is 7.20. The summed E-state index contributed by atoms with van der Waals surface area (Å²) in [4.78, 5) is 5.71. The third-order valence-electron chi connectivity index (χ3n) is 3.66. The van der Waals surface area contributed by atoms with Crippen molar-refractivity contribution < 1.29 is 4.52 Å². The van der Waals surface area contributed by atoms with Gasteiger partial charge in [0.2, 0.25) is 11.7 Å². The lowest BCUT2D eigenvalue weighted by atomic mass is 10.2. The summed E-state index contributed by atoms with van der Waals surface area (Å²) < 4.78 is 7.35. The summed E-state index contributed by atoms with van der Waals surface area (Å²) in [6, 6.07) is 13.9. The fourth-order valence-corrected chi connectivity index (χ4v) is 3.81. The number of aromatic nitrogens is 5. The van der Waals surface area contributed by atoms with Crippen molar-refractivity contribution in [1.29, 1.82) is 0 Å².